The lowest BCUT2D eigenvalue weighted by Crippen LogP contribution is -2.85. The number of aliphatic imine (C=N–C) groups is 1. The molecule has 0 aromatic rings. The summed E-state index contributed by atoms with van der Waals surface area (Å²) in [5, 5.41) is 0. The second-order valence-electron chi connectivity index (χ2n) is 3.30. The van der Waals surface area contributed by atoms with E-state index in [9.17, 15) is 0 Å². The summed E-state index contributed by atoms with van der Waals surface area (Å²) in [5.74, 6) is 0.191. The summed E-state index contributed by atoms with van der Waals surface area (Å²) in [6.45, 7) is 5.88. The van der Waals surface area contributed by atoms with E-state index in [1.165, 1.54) is 0 Å². The van der Waals surface area contributed by atoms with Crippen LogP contribution in [0.1, 0.15) is 20.8 Å². The van der Waals surface area contributed by atoms with E-state index in [2.05, 4.69) is 9.98 Å². The van der Waals surface area contributed by atoms with E-state index >= 15 is 0 Å². The second kappa shape index (κ2) is 3.23. The van der Waals surface area contributed by atoms with E-state index in [1.807, 2.05) is 20.8 Å². The van der Waals surface area contributed by atoms with Crippen LogP contribution in [0.25, 0.3) is 0 Å². The molecule has 0 aliphatic rings. The number of nitrogens with two attached hydrogens (primary N) is 3. The maximum absolute atomic E-state index is 5.42. The highest BCUT2D eigenvalue weighted by Gasteiger charge is 2.10. The van der Waals surface area contributed by atoms with Gasteiger partial charge in [0.25, 0.3) is 5.96 Å². The van der Waals surface area contributed by atoms with Gasteiger partial charge in [0, 0.05) is 0 Å². The van der Waals surface area contributed by atoms with Crippen molar-refractivity contribution < 1.29 is 4.99 Å². The Kier molecular flexibility index (Phi) is 2.86. The van der Waals surface area contributed by atoms with Gasteiger partial charge in [-0.2, -0.15) is 0 Å². The molecule has 0 aromatic heterocycles. The van der Waals surface area contributed by atoms with Crippen molar-refractivity contribution in [2.75, 3.05) is 0 Å². The van der Waals surface area contributed by atoms with Gasteiger partial charge in [0.05, 0.1) is 5.54 Å². The average Bonchev–Trinajstić information content (AvgIpc) is 1.53. The van der Waals surface area contributed by atoms with Crippen molar-refractivity contribution in [3.8, 4) is 0 Å². The third-order valence-electron chi connectivity index (χ3n) is 0.753. The lowest BCUT2D eigenvalue weighted by Gasteiger charge is -2.08. The maximum atomic E-state index is 5.42. The summed E-state index contributed by atoms with van der Waals surface area (Å²) in [5.41, 5.74) is 15.5. The Hall–Kier alpha value is -1.26. The van der Waals surface area contributed by atoms with Gasteiger partial charge in [0.2, 0.25) is 0 Å². The molecule has 0 bridgehead atoms. The largest absolute Gasteiger partial charge is 0.386 e. The molecule has 7 N–H and O–H groups in total. The molecule has 0 radical (unpaired) electrons. The van der Waals surface area contributed by atoms with Crippen LogP contribution in [0.4, 0.5) is 0 Å². The zero-order chi connectivity index (χ0) is 9.07. The van der Waals surface area contributed by atoms with Crippen molar-refractivity contribution in [2.45, 2.75) is 26.3 Å². The molecule has 0 atom stereocenters. The molecule has 0 heterocycles. The third kappa shape index (κ3) is 6.63. The summed E-state index contributed by atoms with van der Waals surface area (Å²) in [6.07, 6.45) is 0. The first-order valence-electron chi connectivity index (χ1n) is 3.31. The van der Waals surface area contributed by atoms with Crippen molar-refractivity contribution in [3.63, 3.8) is 0 Å². The van der Waals surface area contributed by atoms with Gasteiger partial charge in [-0.05, 0) is 25.8 Å². The molecule has 0 rings (SSSR count). The summed E-state index contributed by atoms with van der Waals surface area (Å²) < 4.78 is 0. The van der Waals surface area contributed by atoms with Crippen LogP contribution >= 0.6 is 0 Å². The van der Waals surface area contributed by atoms with Crippen molar-refractivity contribution in [2.24, 2.45) is 22.2 Å². The molecule has 0 amide bonds. The van der Waals surface area contributed by atoms with Crippen molar-refractivity contribution in [1.29, 1.82) is 0 Å². The predicted octanol–water partition coefficient (Wildman–Crippen LogP) is -2.55. The Balaban J connectivity index is 4.36. The molecule has 0 unspecified atom stereocenters. The molecule has 0 aromatic carbocycles. The van der Waals surface area contributed by atoms with E-state index in [0.717, 1.165) is 0 Å². The Bertz CT molecular complexity index is 182. The van der Waals surface area contributed by atoms with Crippen molar-refractivity contribution in [3.05, 3.63) is 0 Å². The number of hydrogen-bond donors (Lipinski definition) is 4. The standard InChI is InChI=1S/C6H15N5/c1-6(2,3)11-5(9)10-4(7)8/h1-3H3,(H6,7,8,9,10,11)/p+1. The summed E-state index contributed by atoms with van der Waals surface area (Å²) in [4.78, 5) is 6.52. The van der Waals surface area contributed by atoms with Gasteiger partial charge in [-0.1, -0.05) is 0 Å². The minimum Gasteiger partial charge on any atom is -0.356 e. The molecule has 0 saturated heterocycles. The molecule has 5 heteroatoms. The number of hydrogen-bond acceptors (Lipinski definition) is 0. The zero-order valence-corrected chi connectivity index (χ0v) is 7.18. The molecule has 5 nitrogen and oxygen atoms in total. The van der Waals surface area contributed by atoms with Gasteiger partial charge in [-0.25, -0.2) is 0 Å². The van der Waals surface area contributed by atoms with E-state index in [1.54, 1.807) is 0 Å². The first-order valence-corrected chi connectivity index (χ1v) is 3.31. The number of nitrogens with one attached hydrogen (secondary N) is 1. The molecule has 0 aliphatic heterocycles. The van der Waals surface area contributed by atoms with Crippen LogP contribution in [0.5, 0.6) is 0 Å². The molecular formula is C6H16N5+. The molecular weight excluding hydrogens is 142 g/mol. The van der Waals surface area contributed by atoms with Gasteiger partial charge >= 0.3 is 5.96 Å². The van der Waals surface area contributed by atoms with Gasteiger partial charge in [0.1, 0.15) is 0 Å². The molecule has 64 valence electrons. The number of rotatable bonds is 0. The topological polar surface area (TPSA) is 104 Å². The summed E-state index contributed by atoms with van der Waals surface area (Å²) in [7, 11) is 0. The van der Waals surface area contributed by atoms with Crippen molar-refractivity contribution >= 4 is 11.9 Å². The van der Waals surface area contributed by atoms with Crippen LogP contribution in [0.2, 0.25) is 0 Å². The first kappa shape index (κ1) is 9.74. The normalized spacial score (nSPS) is 12.8. The molecule has 11 heavy (non-hydrogen) atoms. The highest BCUT2D eigenvalue weighted by molar-refractivity contribution is 5.89. The average molecular weight is 158 g/mol. The fourth-order valence-corrected chi connectivity index (χ4v) is 0.551. The minimum absolute atomic E-state index is 0.0424. The SMILES string of the molecule is CC(C)(C)[NH+]=C(N)N=C(N)N. The fourth-order valence-electron chi connectivity index (χ4n) is 0.551. The highest BCUT2D eigenvalue weighted by Crippen LogP contribution is 1.86. The second-order valence-corrected chi connectivity index (χ2v) is 3.30. The molecule has 0 fully saturated rings. The lowest BCUT2D eigenvalue weighted by atomic mass is 10.1. The van der Waals surface area contributed by atoms with E-state index in [4.69, 9.17) is 17.2 Å². The summed E-state index contributed by atoms with van der Waals surface area (Å²) in [6, 6.07) is 0. The number of nitrogens with zero attached hydrogens (tertiary/aromatic N) is 1. The van der Waals surface area contributed by atoms with Crippen LogP contribution in [0, 0.1) is 0 Å². The predicted molar refractivity (Wildman–Crippen MR) is 45.7 cm³/mol. The first-order chi connectivity index (χ1) is 4.81. The minimum atomic E-state index is -0.122. The highest BCUT2D eigenvalue weighted by atomic mass is 15.1. The Labute approximate surface area is 66.4 Å². The van der Waals surface area contributed by atoms with E-state index in [-0.39, 0.29) is 17.5 Å². The molecule has 0 saturated carbocycles. The lowest BCUT2D eigenvalue weighted by molar-refractivity contribution is -0.540. The number of guanidine groups is 2. The Morgan fingerprint density at radius 1 is 1.18 bits per heavy atom. The van der Waals surface area contributed by atoms with Crippen LogP contribution in [0.15, 0.2) is 4.99 Å². The van der Waals surface area contributed by atoms with Crippen LogP contribution in [-0.2, 0) is 0 Å². The van der Waals surface area contributed by atoms with E-state index < -0.39 is 0 Å². The van der Waals surface area contributed by atoms with Crippen LogP contribution < -0.4 is 22.2 Å². The van der Waals surface area contributed by atoms with E-state index in [0.29, 0.717) is 0 Å². The monoisotopic (exact) mass is 158 g/mol. The quantitative estimate of drug-likeness (QED) is 0.230. The Morgan fingerprint density at radius 3 is 1.91 bits per heavy atom. The third-order valence-corrected chi connectivity index (χ3v) is 0.753. The maximum Gasteiger partial charge on any atom is 0.386 e. The van der Waals surface area contributed by atoms with Gasteiger partial charge < -0.3 is 11.5 Å². The zero-order valence-electron chi connectivity index (χ0n) is 7.18. The smallest absolute Gasteiger partial charge is 0.356 e. The van der Waals surface area contributed by atoms with Gasteiger partial charge in [-0.3, -0.25) is 10.7 Å². The van der Waals surface area contributed by atoms with Crippen LogP contribution in [0.3, 0.4) is 0 Å². The Morgan fingerprint density at radius 2 is 1.64 bits per heavy atom. The van der Waals surface area contributed by atoms with Crippen LogP contribution in [-0.4, -0.2) is 17.5 Å². The fraction of sp³-hybridized carbons (Fsp3) is 0.667. The molecule has 0 aliphatic carbocycles. The van der Waals surface area contributed by atoms with Crippen molar-refractivity contribution in [1.82, 2.24) is 0 Å². The van der Waals surface area contributed by atoms with Gasteiger partial charge in [0.15, 0.2) is 0 Å². The van der Waals surface area contributed by atoms with Gasteiger partial charge in [-0.15, -0.1) is 0 Å². The summed E-state index contributed by atoms with van der Waals surface area (Å²) >= 11 is 0. The molecule has 0 spiro atoms.